The van der Waals surface area contributed by atoms with E-state index in [0.717, 1.165) is 45.3 Å². The predicted octanol–water partition coefficient (Wildman–Crippen LogP) is 16.4. The van der Waals surface area contributed by atoms with Crippen LogP contribution in [0.4, 0.5) is 17.1 Å². The summed E-state index contributed by atoms with van der Waals surface area (Å²) < 4.78 is 4.80. The summed E-state index contributed by atoms with van der Waals surface area (Å²) in [6, 6.07) is 73.1. The molecule has 4 heteroatoms. The minimum atomic E-state index is 0.896. The molecule has 0 unspecified atom stereocenters. The van der Waals surface area contributed by atoms with Gasteiger partial charge in [0, 0.05) is 60.6 Å². The molecule has 0 saturated heterocycles. The zero-order chi connectivity index (χ0) is 41.9. The quantitative estimate of drug-likeness (QED) is 0.166. The first-order chi connectivity index (χ1) is 31.2. The first kappa shape index (κ1) is 37.0. The largest absolute Gasteiger partial charge is 0.310 e. The fourth-order valence-electron chi connectivity index (χ4n) is 9.56. The van der Waals surface area contributed by atoms with Crippen molar-refractivity contribution in [2.75, 3.05) is 10.7 Å². The molecular weight excluding hydrogens is 783 g/mol. The molecule has 0 bridgehead atoms. The highest BCUT2D eigenvalue weighted by atomic mass is 32.2. The van der Waals surface area contributed by atoms with Crippen LogP contribution in [0, 0.1) is 0 Å². The molecule has 12 rings (SSSR count). The second kappa shape index (κ2) is 15.3. The van der Waals surface area contributed by atoms with Crippen LogP contribution in [0.25, 0.3) is 82.5 Å². The lowest BCUT2D eigenvalue weighted by Crippen LogP contribution is -2.10. The van der Waals surface area contributed by atoms with Crippen molar-refractivity contribution in [2.45, 2.75) is 4.90 Å². The third kappa shape index (κ3) is 6.30. The van der Waals surface area contributed by atoms with Crippen LogP contribution in [0.2, 0.25) is 0 Å². The van der Waals surface area contributed by atoms with E-state index in [1.807, 2.05) is 11.8 Å². The lowest BCUT2D eigenvalue weighted by Gasteiger charge is -2.26. The molecule has 0 atom stereocenters. The van der Waals surface area contributed by atoms with Crippen LogP contribution in [0.3, 0.4) is 0 Å². The molecule has 63 heavy (non-hydrogen) atoms. The summed E-state index contributed by atoms with van der Waals surface area (Å²) in [6.45, 7) is 4.47. The van der Waals surface area contributed by atoms with Crippen LogP contribution < -0.4 is 4.90 Å². The van der Waals surface area contributed by atoms with Crippen molar-refractivity contribution >= 4 is 88.8 Å². The number of benzene rings is 9. The van der Waals surface area contributed by atoms with E-state index in [9.17, 15) is 0 Å². The molecule has 0 saturated carbocycles. The molecular formula is C59H41N3S. The molecule has 0 fully saturated rings. The van der Waals surface area contributed by atoms with Gasteiger partial charge in [0.1, 0.15) is 0 Å². The SMILES string of the molecule is C=C1/C=C\C=C/CSc2c1ccc1c2c2ccc(-c3ccc(N(c4ccc5ccccc5c4)c4ccc5c(c4)c4ccccc4n5-c4ccccc4)cc3)cc2n1-c1ccccc1. The molecule has 0 radical (unpaired) electrons. The number of hydrogen-bond acceptors (Lipinski definition) is 2. The third-order valence-corrected chi connectivity index (χ3v) is 13.6. The van der Waals surface area contributed by atoms with E-state index in [0.29, 0.717) is 0 Å². The number of anilines is 3. The Balaban J connectivity index is 1.01. The Morgan fingerprint density at radius 2 is 1.08 bits per heavy atom. The Bertz CT molecular complexity index is 3630. The van der Waals surface area contributed by atoms with E-state index in [-0.39, 0.29) is 0 Å². The van der Waals surface area contributed by atoms with Crippen LogP contribution >= 0.6 is 11.8 Å². The van der Waals surface area contributed by atoms with Gasteiger partial charge in [-0.2, -0.15) is 0 Å². The number of allylic oxidation sites excluding steroid dienone is 4. The van der Waals surface area contributed by atoms with Crippen molar-refractivity contribution in [3.05, 3.63) is 237 Å². The molecule has 3 heterocycles. The van der Waals surface area contributed by atoms with Gasteiger partial charge in [-0.15, -0.1) is 11.8 Å². The van der Waals surface area contributed by atoms with E-state index in [1.54, 1.807) is 0 Å². The van der Waals surface area contributed by atoms with E-state index in [2.05, 4.69) is 245 Å². The first-order valence-corrected chi connectivity index (χ1v) is 22.5. The number of para-hydroxylation sites is 3. The zero-order valence-corrected chi connectivity index (χ0v) is 35.3. The van der Waals surface area contributed by atoms with Crippen molar-refractivity contribution in [3.63, 3.8) is 0 Å². The molecule has 0 aliphatic carbocycles. The molecule has 0 spiro atoms. The Morgan fingerprint density at radius 1 is 0.444 bits per heavy atom. The van der Waals surface area contributed by atoms with Gasteiger partial charge in [0.15, 0.2) is 0 Å². The first-order valence-electron chi connectivity index (χ1n) is 21.5. The number of nitrogens with zero attached hydrogens (tertiary/aromatic N) is 3. The van der Waals surface area contributed by atoms with Crippen LogP contribution in [0.5, 0.6) is 0 Å². The Kier molecular flexibility index (Phi) is 8.98. The second-order valence-corrected chi connectivity index (χ2v) is 17.2. The van der Waals surface area contributed by atoms with Crippen molar-refractivity contribution < 1.29 is 0 Å². The van der Waals surface area contributed by atoms with Gasteiger partial charge in [-0.1, -0.05) is 146 Å². The maximum atomic E-state index is 4.47. The molecule has 9 aromatic carbocycles. The summed E-state index contributed by atoms with van der Waals surface area (Å²) >= 11 is 1.89. The summed E-state index contributed by atoms with van der Waals surface area (Å²) in [5.74, 6) is 0.896. The average Bonchev–Trinajstić information content (AvgIpc) is 3.88. The fraction of sp³-hybridized carbons (Fsp3) is 0.0169. The highest BCUT2D eigenvalue weighted by Gasteiger charge is 2.21. The van der Waals surface area contributed by atoms with Gasteiger partial charge < -0.3 is 14.0 Å². The van der Waals surface area contributed by atoms with Crippen LogP contribution in [-0.2, 0) is 0 Å². The summed E-state index contributed by atoms with van der Waals surface area (Å²) in [6.07, 6.45) is 8.56. The molecule has 298 valence electrons. The standard InChI is InChI=1S/C59H41N3S/c1-40-15-5-4-14-36-63-59-50(40)33-35-56-58(59)52-32-27-44(38-57(52)62(56)46-20-8-3-9-21-46)42-24-28-47(29-25-42)60(48-30-26-41-16-10-11-17-43(41)37-48)49-31-34-55-53(39-49)51-22-12-13-23-54(51)61(55)45-18-6-2-7-19-45/h2-35,37-39H,1,36H2/b14-4-,15-5-. The molecule has 2 aromatic heterocycles. The van der Waals surface area contributed by atoms with Crippen molar-refractivity contribution in [1.29, 1.82) is 0 Å². The molecule has 1 aliphatic heterocycles. The van der Waals surface area contributed by atoms with E-state index < -0.39 is 0 Å². The van der Waals surface area contributed by atoms with E-state index in [4.69, 9.17) is 0 Å². The van der Waals surface area contributed by atoms with Gasteiger partial charge in [-0.05, 0) is 118 Å². The summed E-state index contributed by atoms with van der Waals surface area (Å²) in [4.78, 5) is 3.68. The number of hydrogen-bond donors (Lipinski definition) is 0. The minimum Gasteiger partial charge on any atom is -0.310 e. The molecule has 1 aliphatic rings. The number of thioether (sulfide) groups is 1. The van der Waals surface area contributed by atoms with Crippen LogP contribution in [0.15, 0.2) is 236 Å². The minimum absolute atomic E-state index is 0.896. The topological polar surface area (TPSA) is 13.1 Å². The Morgan fingerprint density at radius 3 is 1.89 bits per heavy atom. The molecule has 0 N–H and O–H groups in total. The van der Waals surface area contributed by atoms with Gasteiger partial charge in [-0.3, -0.25) is 0 Å². The van der Waals surface area contributed by atoms with Gasteiger partial charge in [0.05, 0.1) is 22.1 Å². The molecule has 3 nitrogen and oxygen atoms in total. The average molecular weight is 824 g/mol. The summed E-state index contributed by atoms with van der Waals surface area (Å²) in [5.41, 5.74) is 14.9. The maximum Gasteiger partial charge on any atom is 0.0552 e. The van der Waals surface area contributed by atoms with Crippen LogP contribution in [-0.4, -0.2) is 14.9 Å². The number of aromatic nitrogens is 2. The highest BCUT2D eigenvalue weighted by Crippen LogP contribution is 2.45. The lowest BCUT2D eigenvalue weighted by molar-refractivity contribution is 1.18. The second-order valence-electron chi connectivity index (χ2n) is 16.2. The monoisotopic (exact) mass is 823 g/mol. The normalized spacial score (nSPS) is 13.9. The Labute approximate surface area is 370 Å². The number of rotatable bonds is 6. The summed E-state index contributed by atoms with van der Waals surface area (Å²) in [7, 11) is 0. The zero-order valence-electron chi connectivity index (χ0n) is 34.5. The highest BCUT2D eigenvalue weighted by molar-refractivity contribution is 7.99. The van der Waals surface area contributed by atoms with Gasteiger partial charge >= 0.3 is 0 Å². The van der Waals surface area contributed by atoms with Gasteiger partial charge in [-0.25, -0.2) is 0 Å². The molecule has 0 amide bonds. The van der Waals surface area contributed by atoms with Crippen molar-refractivity contribution in [3.8, 4) is 22.5 Å². The van der Waals surface area contributed by atoms with E-state index in [1.165, 1.54) is 70.4 Å². The Hall–Kier alpha value is -7.79. The fourth-order valence-corrected chi connectivity index (χ4v) is 10.7. The third-order valence-electron chi connectivity index (χ3n) is 12.5. The number of fused-ring (bicyclic) bond motifs is 9. The van der Waals surface area contributed by atoms with Crippen LogP contribution in [0.1, 0.15) is 5.56 Å². The maximum absolute atomic E-state index is 4.47. The predicted molar refractivity (Wildman–Crippen MR) is 271 cm³/mol. The lowest BCUT2D eigenvalue weighted by atomic mass is 10.0. The van der Waals surface area contributed by atoms with E-state index >= 15 is 0 Å². The van der Waals surface area contributed by atoms with Crippen molar-refractivity contribution in [2.24, 2.45) is 0 Å². The smallest absolute Gasteiger partial charge is 0.0552 e. The summed E-state index contributed by atoms with van der Waals surface area (Å²) in [5, 5.41) is 7.40. The van der Waals surface area contributed by atoms with Gasteiger partial charge in [0.25, 0.3) is 0 Å². The van der Waals surface area contributed by atoms with Crippen molar-refractivity contribution in [1.82, 2.24) is 9.13 Å². The molecule has 11 aromatic rings. The van der Waals surface area contributed by atoms with Gasteiger partial charge in [0.2, 0.25) is 0 Å².